The van der Waals surface area contributed by atoms with Crippen molar-refractivity contribution in [1.82, 2.24) is 5.32 Å². The van der Waals surface area contributed by atoms with Crippen molar-refractivity contribution in [2.24, 2.45) is 5.73 Å². The minimum Gasteiger partial charge on any atom is -0.391 e. The van der Waals surface area contributed by atoms with Gasteiger partial charge in [0.2, 0.25) is 5.91 Å². The zero-order valence-electron chi connectivity index (χ0n) is 5.66. The summed E-state index contributed by atoms with van der Waals surface area (Å²) in [4.78, 5) is 10.5. The molecule has 1 aliphatic rings. The minimum atomic E-state index is -0.659. The lowest BCUT2D eigenvalue weighted by Gasteiger charge is -2.24. The van der Waals surface area contributed by atoms with Gasteiger partial charge < -0.3 is 10.8 Å². The van der Waals surface area contributed by atoms with E-state index in [1.54, 1.807) is 0 Å². The maximum absolute atomic E-state index is 10.5. The van der Waals surface area contributed by atoms with Crippen LogP contribution in [0.2, 0.25) is 0 Å². The van der Waals surface area contributed by atoms with Crippen LogP contribution >= 0.6 is 0 Å². The van der Waals surface area contributed by atoms with Gasteiger partial charge in [-0.15, -0.1) is 0 Å². The second-order valence-electron chi connectivity index (χ2n) is 2.46. The molecule has 0 bridgehead atoms. The molecule has 3 N–H and O–H groups in total. The Hall–Kier alpha value is -0.610. The van der Waals surface area contributed by atoms with E-state index in [-0.39, 0.29) is 0 Å². The Morgan fingerprint density at radius 2 is 2.40 bits per heavy atom. The fraction of sp³-hybridized carbons (Fsp3) is 0.833. The Bertz CT molecular complexity index is 138. The number of hydrogen-bond acceptors (Lipinski definition) is 2. The summed E-state index contributed by atoms with van der Waals surface area (Å²) in [6.45, 7) is 0.644. The highest BCUT2D eigenvalue weighted by atomic mass is 16.3. The van der Waals surface area contributed by atoms with Crippen molar-refractivity contribution in [3.05, 3.63) is 0 Å². The number of carbonyl (C=O) groups excluding carboxylic acids is 1. The fourth-order valence-electron chi connectivity index (χ4n) is 1.09. The summed E-state index contributed by atoms with van der Waals surface area (Å²) in [6, 6.07) is -0.659. The number of primary amides is 1. The third-order valence-corrected chi connectivity index (χ3v) is 1.64. The average Bonchev–Trinajstić information content (AvgIpc) is 1.88. The average molecular weight is 143 g/mol. The number of aliphatic hydroxyl groups is 1. The van der Waals surface area contributed by atoms with Crippen molar-refractivity contribution in [3.8, 4) is 0 Å². The van der Waals surface area contributed by atoms with E-state index in [9.17, 15) is 4.79 Å². The number of nitrogens with two attached hydrogens (primary N) is 1. The molecule has 1 heterocycles. The van der Waals surface area contributed by atoms with Crippen molar-refractivity contribution in [2.45, 2.75) is 25.0 Å². The molecule has 2 unspecified atom stereocenters. The number of hydrogen-bond donors (Lipinski definition) is 2. The van der Waals surface area contributed by atoms with E-state index in [1.807, 2.05) is 0 Å². The Morgan fingerprint density at radius 1 is 1.70 bits per heavy atom. The first-order valence-corrected chi connectivity index (χ1v) is 3.36. The summed E-state index contributed by atoms with van der Waals surface area (Å²) in [5.74, 6) is -0.521. The second kappa shape index (κ2) is 2.98. The normalized spacial score (nSPS) is 33.7. The summed E-state index contributed by atoms with van der Waals surface area (Å²) < 4.78 is 0. The van der Waals surface area contributed by atoms with Crippen LogP contribution < -0.4 is 11.1 Å². The van der Waals surface area contributed by atoms with E-state index in [4.69, 9.17) is 10.8 Å². The number of carbonyl (C=O) groups is 1. The Balaban J connectivity index is 2.47. The molecule has 4 heteroatoms. The number of rotatable bonds is 1. The fourth-order valence-corrected chi connectivity index (χ4v) is 1.09. The molecule has 0 spiro atoms. The molecular formula is C6H11N2O2. The van der Waals surface area contributed by atoms with E-state index in [0.717, 1.165) is 6.42 Å². The van der Waals surface area contributed by atoms with Crippen molar-refractivity contribution >= 4 is 5.91 Å². The minimum absolute atomic E-state index is 0.521. The molecule has 0 aromatic carbocycles. The highest BCUT2D eigenvalue weighted by Crippen LogP contribution is 2.08. The quantitative estimate of drug-likeness (QED) is 0.473. The Labute approximate surface area is 59.4 Å². The molecule has 1 aliphatic heterocycles. The summed E-state index contributed by atoms with van der Waals surface area (Å²) >= 11 is 0. The molecule has 0 saturated carbocycles. The van der Waals surface area contributed by atoms with Crippen molar-refractivity contribution in [1.29, 1.82) is 0 Å². The van der Waals surface area contributed by atoms with Gasteiger partial charge in [-0.25, -0.2) is 5.32 Å². The van der Waals surface area contributed by atoms with Gasteiger partial charge in [-0.05, 0) is 12.8 Å². The van der Waals surface area contributed by atoms with Gasteiger partial charge in [0, 0.05) is 6.54 Å². The summed E-state index contributed by atoms with van der Waals surface area (Å²) in [5.41, 5.74) is 4.96. The van der Waals surface area contributed by atoms with Gasteiger partial charge in [0.25, 0.3) is 0 Å². The summed E-state index contributed by atoms with van der Waals surface area (Å²) in [6.07, 6.45) is 0.841. The van der Waals surface area contributed by atoms with Gasteiger partial charge in [0.1, 0.15) is 6.04 Å². The first-order chi connectivity index (χ1) is 4.72. The van der Waals surface area contributed by atoms with Crippen LogP contribution in [0.25, 0.3) is 0 Å². The van der Waals surface area contributed by atoms with Crippen LogP contribution in [0.3, 0.4) is 0 Å². The van der Waals surface area contributed by atoms with Crippen LogP contribution in [0.4, 0.5) is 0 Å². The van der Waals surface area contributed by atoms with E-state index in [0.29, 0.717) is 13.0 Å². The van der Waals surface area contributed by atoms with E-state index in [2.05, 4.69) is 5.32 Å². The molecule has 1 amide bonds. The molecule has 1 rings (SSSR count). The molecule has 10 heavy (non-hydrogen) atoms. The Kier molecular flexibility index (Phi) is 2.24. The molecule has 0 aromatic rings. The first kappa shape index (κ1) is 7.50. The van der Waals surface area contributed by atoms with E-state index < -0.39 is 18.1 Å². The predicted octanol–water partition coefficient (Wildman–Crippen LogP) is -1.40. The standard InChI is InChI=1S/C6H11N2O2/c7-6(10)5-4(9)2-1-3-8-5/h4-5,9H,1-3H2,(H2,7,10). The van der Waals surface area contributed by atoms with Crippen LogP contribution in [0.15, 0.2) is 0 Å². The summed E-state index contributed by atoms with van der Waals surface area (Å²) in [5, 5.41) is 13.0. The van der Waals surface area contributed by atoms with Crippen molar-refractivity contribution in [2.75, 3.05) is 6.54 Å². The van der Waals surface area contributed by atoms with Gasteiger partial charge in [-0.1, -0.05) is 0 Å². The van der Waals surface area contributed by atoms with Gasteiger partial charge in [0.05, 0.1) is 6.10 Å². The van der Waals surface area contributed by atoms with Gasteiger partial charge in [0.15, 0.2) is 0 Å². The number of aliphatic hydroxyl groups excluding tert-OH is 1. The number of piperidine rings is 1. The molecular weight excluding hydrogens is 132 g/mol. The van der Waals surface area contributed by atoms with Crippen LogP contribution in [-0.4, -0.2) is 29.7 Å². The van der Waals surface area contributed by atoms with E-state index in [1.165, 1.54) is 0 Å². The lowest BCUT2D eigenvalue weighted by Crippen LogP contribution is -2.48. The van der Waals surface area contributed by atoms with Crippen molar-refractivity contribution in [3.63, 3.8) is 0 Å². The molecule has 1 saturated heterocycles. The molecule has 1 fully saturated rings. The molecule has 57 valence electrons. The SMILES string of the molecule is NC(=O)C1[N]CCCC1O. The predicted molar refractivity (Wildman–Crippen MR) is 35.2 cm³/mol. The topological polar surface area (TPSA) is 77.4 Å². The zero-order valence-corrected chi connectivity index (χ0v) is 5.66. The number of amides is 1. The van der Waals surface area contributed by atoms with Crippen molar-refractivity contribution < 1.29 is 9.90 Å². The second-order valence-corrected chi connectivity index (χ2v) is 2.46. The smallest absolute Gasteiger partial charge is 0.238 e. The largest absolute Gasteiger partial charge is 0.391 e. The van der Waals surface area contributed by atoms with Gasteiger partial charge in [-0.2, -0.15) is 0 Å². The first-order valence-electron chi connectivity index (χ1n) is 3.36. The highest BCUT2D eigenvalue weighted by Gasteiger charge is 2.27. The molecule has 0 aromatic heterocycles. The van der Waals surface area contributed by atoms with Gasteiger partial charge in [-0.3, -0.25) is 4.79 Å². The maximum atomic E-state index is 10.5. The van der Waals surface area contributed by atoms with Crippen LogP contribution in [0.1, 0.15) is 12.8 Å². The molecule has 0 aliphatic carbocycles. The monoisotopic (exact) mass is 143 g/mol. The summed E-state index contributed by atoms with van der Waals surface area (Å²) in [7, 11) is 0. The van der Waals surface area contributed by atoms with Gasteiger partial charge >= 0.3 is 0 Å². The third-order valence-electron chi connectivity index (χ3n) is 1.64. The molecule has 2 atom stereocenters. The lowest BCUT2D eigenvalue weighted by molar-refractivity contribution is -0.123. The maximum Gasteiger partial charge on any atom is 0.238 e. The van der Waals surface area contributed by atoms with E-state index >= 15 is 0 Å². The molecule has 4 nitrogen and oxygen atoms in total. The Morgan fingerprint density at radius 3 is 2.80 bits per heavy atom. The number of nitrogens with zero attached hydrogens (tertiary/aromatic N) is 1. The highest BCUT2D eigenvalue weighted by molar-refractivity contribution is 5.80. The van der Waals surface area contributed by atoms with Crippen LogP contribution in [0.5, 0.6) is 0 Å². The van der Waals surface area contributed by atoms with Crippen LogP contribution in [-0.2, 0) is 4.79 Å². The lowest BCUT2D eigenvalue weighted by atomic mass is 10.0. The molecule has 1 radical (unpaired) electrons. The zero-order chi connectivity index (χ0) is 7.56. The third kappa shape index (κ3) is 1.46. The van der Waals surface area contributed by atoms with Crippen LogP contribution in [0, 0.1) is 0 Å².